The highest BCUT2D eigenvalue weighted by molar-refractivity contribution is 14.1. The molecule has 1 heterocycles. The Balaban J connectivity index is 1.87. The third kappa shape index (κ3) is 33.5. The van der Waals surface area contributed by atoms with Crippen LogP contribution in [-0.4, -0.2) is 109 Å². The van der Waals surface area contributed by atoms with Gasteiger partial charge in [0.2, 0.25) is 0 Å². The second-order valence-electron chi connectivity index (χ2n) is 19.8. The lowest BCUT2D eigenvalue weighted by atomic mass is 9.99. The second-order valence-corrected chi connectivity index (χ2v) is 22.5. The molecule has 0 radical (unpaired) electrons. The molecule has 1 saturated heterocycles. The van der Waals surface area contributed by atoms with Gasteiger partial charge in [-0.2, -0.15) is 8.42 Å². The molecule has 416 valence electrons. The monoisotopic (exact) mass is 1150 g/mol. The number of ether oxygens (including phenoxy) is 5. The highest BCUT2D eigenvalue weighted by atomic mass is 127. The van der Waals surface area contributed by atoms with Crippen LogP contribution in [0, 0.1) is 3.57 Å². The predicted molar refractivity (Wildman–Crippen MR) is 289 cm³/mol. The number of nitrogens with one attached hydrogen (secondary N) is 1. The zero-order valence-corrected chi connectivity index (χ0v) is 47.0. The minimum atomic E-state index is -4.78. The van der Waals surface area contributed by atoms with Gasteiger partial charge in [-0.05, 0) is 59.7 Å². The Morgan fingerprint density at radius 2 is 1.03 bits per heavy atom. The molecule has 6 atom stereocenters. The number of carbonyl (C=O) groups excluding carboxylic acids is 4. The van der Waals surface area contributed by atoms with Gasteiger partial charge in [0.05, 0.1) is 13.0 Å². The van der Waals surface area contributed by atoms with Crippen molar-refractivity contribution in [2.24, 2.45) is 0 Å². The Bertz CT molecular complexity index is 1680. The summed E-state index contributed by atoms with van der Waals surface area (Å²) in [7, 11) is -4.78. The number of unbranched alkanes of at least 4 members (excludes halogenated alkanes) is 28. The van der Waals surface area contributed by atoms with Crippen molar-refractivity contribution in [2.45, 2.75) is 263 Å². The Labute approximate surface area is 447 Å². The van der Waals surface area contributed by atoms with Crippen LogP contribution < -0.4 is 5.32 Å². The molecular weight excluding hydrogens is 1060 g/mol. The summed E-state index contributed by atoms with van der Waals surface area (Å²) < 4.78 is 62.7. The zero-order chi connectivity index (χ0) is 52.7. The summed E-state index contributed by atoms with van der Waals surface area (Å²) in [5, 5.41) is 24.7. The lowest BCUT2D eigenvalue weighted by Gasteiger charge is -2.41. The van der Waals surface area contributed by atoms with Crippen LogP contribution in [0.25, 0.3) is 0 Å². The lowest BCUT2D eigenvalue weighted by molar-refractivity contribution is -0.299. The molecule has 0 aliphatic carbocycles. The molecule has 15 nitrogen and oxygen atoms in total. The van der Waals surface area contributed by atoms with E-state index in [1.807, 2.05) is 0 Å². The number of esters is 3. The molecule has 2 rings (SSSR count). The average Bonchev–Trinajstić information content (AvgIpc) is 3.34. The van der Waals surface area contributed by atoms with Crippen molar-refractivity contribution in [3.05, 3.63) is 33.4 Å². The quantitative estimate of drug-likeness (QED) is 0.0157. The molecule has 0 aromatic heterocycles. The van der Waals surface area contributed by atoms with Gasteiger partial charge in [0, 0.05) is 28.5 Å². The fourth-order valence-electron chi connectivity index (χ4n) is 8.83. The van der Waals surface area contributed by atoms with Gasteiger partial charge in [0.25, 0.3) is 16.0 Å². The van der Waals surface area contributed by atoms with E-state index in [1.165, 1.54) is 135 Å². The van der Waals surface area contributed by atoms with E-state index in [0.29, 0.717) is 18.4 Å². The smallest absolute Gasteiger partial charge is 0.308 e. The van der Waals surface area contributed by atoms with Crippen LogP contribution in [0.3, 0.4) is 0 Å². The van der Waals surface area contributed by atoms with E-state index < -0.39 is 83.1 Å². The molecule has 1 aromatic carbocycles. The lowest BCUT2D eigenvalue weighted by Crippen LogP contribution is -2.61. The summed E-state index contributed by atoms with van der Waals surface area (Å²) in [6.07, 6.45) is 25.5. The van der Waals surface area contributed by atoms with Gasteiger partial charge in [0.1, 0.15) is 30.7 Å². The number of amides is 1. The minimum Gasteiger partial charge on any atom is -0.462 e. The molecule has 6 unspecified atom stereocenters. The van der Waals surface area contributed by atoms with E-state index in [4.69, 9.17) is 23.7 Å². The summed E-state index contributed by atoms with van der Waals surface area (Å²) in [6, 6.07) is 6.74. The van der Waals surface area contributed by atoms with Gasteiger partial charge in [-0.15, -0.1) is 0 Å². The van der Waals surface area contributed by atoms with Crippen molar-refractivity contribution in [1.82, 2.24) is 5.32 Å². The Kier molecular flexibility index (Phi) is 38.1. The minimum absolute atomic E-state index is 0.127. The van der Waals surface area contributed by atoms with E-state index in [9.17, 15) is 42.4 Å². The molecule has 0 bridgehead atoms. The molecule has 4 N–H and O–H groups in total. The first-order chi connectivity index (χ1) is 34.7. The number of hydrogen-bond donors (Lipinski definition) is 4. The topological polar surface area (TPSA) is 221 Å². The normalized spacial score (nSPS) is 18.4. The van der Waals surface area contributed by atoms with Crippen LogP contribution in [0.1, 0.15) is 236 Å². The van der Waals surface area contributed by atoms with Gasteiger partial charge in [-0.25, -0.2) is 0 Å². The van der Waals surface area contributed by atoms with Crippen molar-refractivity contribution >= 4 is 56.5 Å². The van der Waals surface area contributed by atoms with Crippen LogP contribution in [0.15, 0.2) is 24.3 Å². The van der Waals surface area contributed by atoms with Crippen LogP contribution >= 0.6 is 22.6 Å². The van der Waals surface area contributed by atoms with Crippen molar-refractivity contribution in [3.8, 4) is 0 Å². The SMILES string of the molecule is CCCCCCCCCCCCCCCCCC(=O)OCC(COC1OC(CS(=O)(=O)O)C(OC(=O)CCNC(=O)c2ccc(I)cc2)C(O)C1O)OC(=O)CCCCCCCCCCCCCCCCC. The summed E-state index contributed by atoms with van der Waals surface area (Å²) in [5.74, 6) is -3.53. The summed E-state index contributed by atoms with van der Waals surface area (Å²) in [4.78, 5) is 51.2. The van der Waals surface area contributed by atoms with Gasteiger partial charge < -0.3 is 39.2 Å². The number of aliphatic hydroxyl groups is 2. The first-order valence-electron chi connectivity index (χ1n) is 27.9. The zero-order valence-electron chi connectivity index (χ0n) is 44.1. The van der Waals surface area contributed by atoms with E-state index in [1.54, 1.807) is 24.3 Å². The molecule has 72 heavy (non-hydrogen) atoms. The molecule has 0 spiro atoms. The van der Waals surface area contributed by atoms with Crippen LogP contribution in [0.2, 0.25) is 0 Å². The Hall–Kier alpha value is -2.42. The van der Waals surface area contributed by atoms with E-state index >= 15 is 0 Å². The van der Waals surface area contributed by atoms with E-state index in [2.05, 4.69) is 41.8 Å². The van der Waals surface area contributed by atoms with Crippen molar-refractivity contribution in [3.63, 3.8) is 0 Å². The molecule has 1 aliphatic rings. The van der Waals surface area contributed by atoms with Gasteiger partial charge in [-0.3, -0.25) is 23.7 Å². The largest absolute Gasteiger partial charge is 0.462 e. The van der Waals surface area contributed by atoms with Gasteiger partial charge >= 0.3 is 17.9 Å². The van der Waals surface area contributed by atoms with Gasteiger partial charge in [0.15, 0.2) is 18.5 Å². The van der Waals surface area contributed by atoms with Crippen molar-refractivity contribution in [2.75, 3.05) is 25.5 Å². The van der Waals surface area contributed by atoms with E-state index in [0.717, 1.165) is 48.5 Å². The number of hydrogen-bond acceptors (Lipinski definition) is 13. The number of benzene rings is 1. The first kappa shape index (κ1) is 65.7. The molecule has 1 fully saturated rings. The summed E-state index contributed by atoms with van der Waals surface area (Å²) in [6.45, 7) is 3.49. The first-order valence-corrected chi connectivity index (χ1v) is 30.6. The predicted octanol–water partition coefficient (Wildman–Crippen LogP) is 11.7. The molecule has 17 heteroatoms. The number of halogens is 1. The number of carbonyl (C=O) groups is 4. The highest BCUT2D eigenvalue weighted by Gasteiger charge is 2.49. The number of aliphatic hydroxyl groups excluding tert-OH is 2. The number of rotatable bonds is 45. The van der Waals surface area contributed by atoms with Crippen LogP contribution in [0.4, 0.5) is 0 Å². The van der Waals surface area contributed by atoms with Crippen molar-refractivity contribution in [1.29, 1.82) is 0 Å². The Morgan fingerprint density at radius 3 is 1.47 bits per heavy atom. The van der Waals surface area contributed by atoms with Gasteiger partial charge in [-0.1, -0.05) is 194 Å². The third-order valence-electron chi connectivity index (χ3n) is 13.1. The van der Waals surface area contributed by atoms with Crippen LogP contribution in [-0.2, 0) is 48.2 Å². The summed E-state index contributed by atoms with van der Waals surface area (Å²) >= 11 is 2.10. The van der Waals surface area contributed by atoms with E-state index in [-0.39, 0.29) is 32.4 Å². The molecule has 0 saturated carbocycles. The maximum atomic E-state index is 13.1. The molecular formula is C55H94INO14S. The molecule has 1 aromatic rings. The average molecular weight is 1150 g/mol. The maximum Gasteiger partial charge on any atom is 0.308 e. The fourth-order valence-corrected chi connectivity index (χ4v) is 9.87. The van der Waals surface area contributed by atoms with Crippen LogP contribution in [0.5, 0.6) is 0 Å². The van der Waals surface area contributed by atoms with Crippen molar-refractivity contribution < 1.29 is 66.0 Å². The molecule has 1 aliphatic heterocycles. The fraction of sp³-hybridized carbons (Fsp3) is 0.818. The Morgan fingerprint density at radius 1 is 0.597 bits per heavy atom. The summed E-state index contributed by atoms with van der Waals surface area (Å²) in [5.41, 5.74) is 0.369. The standard InChI is InChI=1S/C55H94INO14S/c1-3-5-7-9-11-13-15-17-19-21-23-25-27-29-31-33-48(58)67-41-46(69-49(59)34-32-30-28-26-24-22-20-18-16-14-12-10-8-6-4-2)42-68-55-52(62)51(61)53(47(70-55)43-72(64,65)66)71-50(60)39-40-57-54(63)44-35-37-45(56)38-36-44/h35-38,46-47,51-53,55,61-62H,3-34,39-43H2,1-2H3,(H,57,63)(H,64,65,66). The molecule has 1 amide bonds. The third-order valence-corrected chi connectivity index (χ3v) is 14.6. The second kappa shape index (κ2) is 41.8. The highest BCUT2D eigenvalue weighted by Crippen LogP contribution is 2.27. The maximum absolute atomic E-state index is 13.1.